The van der Waals surface area contributed by atoms with Gasteiger partial charge in [-0.25, -0.2) is 4.79 Å². The summed E-state index contributed by atoms with van der Waals surface area (Å²) in [7, 11) is 0. The van der Waals surface area contributed by atoms with Gasteiger partial charge in [0.1, 0.15) is 0 Å². The highest BCUT2D eigenvalue weighted by Gasteiger charge is 2.33. The summed E-state index contributed by atoms with van der Waals surface area (Å²) in [6.45, 7) is 0.893. The van der Waals surface area contributed by atoms with Crippen LogP contribution in [0.15, 0.2) is 18.2 Å². The fourth-order valence-electron chi connectivity index (χ4n) is 2.07. The molecule has 1 aliphatic heterocycles. The minimum absolute atomic E-state index is 0.132. The fraction of sp³-hybridized carbons (Fsp3) is 0.462. The van der Waals surface area contributed by atoms with Gasteiger partial charge in [-0.15, -0.1) is 0 Å². The number of nitrogens with one attached hydrogen (secondary N) is 2. The Labute approximate surface area is 127 Å². The largest absolute Gasteiger partial charge is 0.394 e. The van der Waals surface area contributed by atoms with E-state index in [0.29, 0.717) is 41.8 Å². The molecule has 0 spiro atoms. The molecule has 1 aliphatic rings. The highest BCUT2D eigenvalue weighted by atomic mass is 35.5. The van der Waals surface area contributed by atoms with E-state index in [1.165, 1.54) is 0 Å². The monoisotopic (exact) mass is 318 g/mol. The Bertz CT molecular complexity index is 491. The number of aliphatic hydroxyl groups is 1. The molecular formula is C13H16Cl2N2O3. The van der Waals surface area contributed by atoms with Crippen LogP contribution in [0.2, 0.25) is 10.0 Å². The van der Waals surface area contributed by atoms with Gasteiger partial charge in [-0.2, -0.15) is 0 Å². The third-order valence-corrected chi connectivity index (χ3v) is 3.87. The van der Waals surface area contributed by atoms with E-state index in [-0.39, 0.29) is 6.61 Å². The first-order chi connectivity index (χ1) is 9.54. The molecule has 0 unspecified atom stereocenters. The molecule has 1 aromatic rings. The minimum atomic E-state index is -0.645. The van der Waals surface area contributed by atoms with Crippen LogP contribution in [0.25, 0.3) is 0 Å². The number of ether oxygens (including phenoxy) is 1. The van der Waals surface area contributed by atoms with Gasteiger partial charge in [0.05, 0.1) is 22.9 Å². The SMILES string of the molecule is O=C(Nc1cc(Cl)ccc1Cl)NC1(CO)CCOCC1. The van der Waals surface area contributed by atoms with Gasteiger partial charge in [0, 0.05) is 18.2 Å². The van der Waals surface area contributed by atoms with Crippen LogP contribution < -0.4 is 10.6 Å². The maximum Gasteiger partial charge on any atom is 0.319 e. The summed E-state index contributed by atoms with van der Waals surface area (Å²) in [6.07, 6.45) is 1.14. The van der Waals surface area contributed by atoms with Crippen molar-refractivity contribution in [2.24, 2.45) is 0 Å². The van der Waals surface area contributed by atoms with Crippen LogP contribution in [0.4, 0.5) is 10.5 Å². The van der Waals surface area contributed by atoms with E-state index < -0.39 is 11.6 Å². The summed E-state index contributed by atoms with van der Waals surface area (Å²) >= 11 is 11.8. The van der Waals surface area contributed by atoms with Crippen LogP contribution in [0.3, 0.4) is 0 Å². The Morgan fingerprint density at radius 1 is 1.35 bits per heavy atom. The number of hydrogen-bond acceptors (Lipinski definition) is 3. The zero-order valence-electron chi connectivity index (χ0n) is 10.8. The standard InChI is InChI=1S/C13H16Cl2N2O3/c14-9-1-2-10(15)11(7-9)16-12(19)17-13(8-18)3-5-20-6-4-13/h1-2,7,18H,3-6,8H2,(H2,16,17,19). The second kappa shape index (κ2) is 6.63. The Hall–Kier alpha value is -1.01. The lowest BCUT2D eigenvalue weighted by molar-refractivity contribution is 0.0179. The van der Waals surface area contributed by atoms with Crippen LogP contribution in [0, 0.1) is 0 Å². The zero-order chi connectivity index (χ0) is 14.6. The summed E-state index contributed by atoms with van der Waals surface area (Å²) < 4.78 is 5.24. The molecule has 0 radical (unpaired) electrons. The molecule has 0 saturated carbocycles. The summed E-state index contributed by atoms with van der Waals surface area (Å²) in [5, 5.41) is 15.8. The zero-order valence-corrected chi connectivity index (χ0v) is 12.3. The van der Waals surface area contributed by atoms with Crippen LogP contribution in [0.5, 0.6) is 0 Å². The lowest BCUT2D eigenvalue weighted by atomic mass is 9.91. The van der Waals surface area contributed by atoms with E-state index in [1.807, 2.05) is 0 Å². The van der Waals surface area contributed by atoms with Gasteiger partial charge in [0.25, 0.3) is 0 Å². The maximum atomic E-state index is 12.0. The van der Waals surface area contributed by atoms with E-state index in [9.17, 15) is 9.90 Å². The van der Waals surface area contributed by atoms with E-state index in [0.717, 1.165) is 0 Å². The number of anilines is 1. The van der Waals surface area contributed by atoms with Crippen molar-refractivity contribution >= 4 is 34.9 Å². The topological polar surface area (TPSA) is 70.6 Å². The van der Waals surface area contributed by atoms with Crippen molar-refractivity contribution in [3.8, 4) is 0 Å². The minimum Gasteiger partial charge on any atom is -0.394 e. The molecule has 110 valence electrons. The van der Waals surface area contributed by atoms with Crippen molar-refractivity contribution in [1.29, 1.82) is 0 Å². The Morgan fingerprint density at radius 3 is 2.70 bits per heavy atom. The van der Waals surface area contributed by atoms with Gasteiger partial charge >= 0.3 is 6.03 Å². The van der Waals surface area contributed by atoms with E-state index in [1.54, 1.807) is 18.2 Å². The third-order valence-electron chi connectivity index (χ3n) is 3.31. The van der Waals surface area contributed by atoms with Crippen LogP contribution in [0.1, 0.15) is 12.8 Å². The van der Waals surface area contributed by atoms with Crippen LogP contribution >= 0.6 is 23.2 Å². The number of amides is 2. The number of hydrogen-bond donors (Lipinski definition) is 3. The fourth-order valence-corrected chi connectivity index (χ4v) is 2.41. The van der Waals surface area contributed by atoms with Crippen molar-refractivity contribution in [2.45, 2.75) is 18.4 Å². The van der Waals surface area contributed by atoms with Crippen molar-refractivity contribution in [2.75, 3.05) is 25.1 Å². The second-order valence-electron chi connectivity index (χ2n) is 4.75. The quantitative estimate of drug-likeness (QED) is 0.802. The Morgan fingerprint density at radius 2 is 2.05 bits per heavy atom. The predicted molar refractivity (Wildman–Crippen MR) is 78.5 cm³/mol. The molecule has 0 aromatic heterocycles. The third kappa shape index (κ3) is 3.76. The molecule has 5 nitrogen and oxygen atoms in total. The molecule has 1 saturated heterocycles. The first-order valence-electron chi connectivity index (χ1n) is 6.27. The summed E-state index contributed by atoms with van der Waals surface area (Å²) in [6, 6.07) is 4.39. The number of rotatable bonds is 3. The predicted octanol–water partition coefficient (Wildman–Crippen LogP) is 2.66. The highest BCUT2D eigenvalue weighted by Crippen LogP contribution is 2.26. The van der Waals surface area contributed by atoms with Crippen molar-refractivity contribution in [3.05, 3.63) is 28.2 Å². The van der Waals surface area contributed by atoms with Crippen LogP contribution in [-0.2, 0) is 4.74 Å². The van der Waals surface area contributed by atoms with Crippen molar-refractivity contribution < 1.29 is 14.6 Å². The average molecular weight is 319 g/mol. The van der Waals surface area contributed by atoms with Crippen LogP contribution in [-0.4, -0.2) is 36.5 Å². The van der Waals surface area contributed by atoms with E-state index in [4.69, 9.17) is 27.9 Å². The molecule has 3 N–H and O–H groups in total. The number of carbonyl (C=O) groups excluding carboxylic acids is 1. The summed E-state index contributed by atoms with van der Waals surface area (Å²) in [4.78, 5) is 12.0. The van der Waals surface area contributed by atoms with Gasteiger partial charge in [-0.05, 0) is 31.0 Å². The number of halogens is 2. The number of carbonyl (C=O) groups is 1. The van der Waals surface area contributed by atoms with Crippen molar-refractivity contribution in [3.63, 3.8) is 0 Å². The average Bonchev–Trinajstić information content (AvgIpc) is 2.44. The maximum absolute atomic E-state index is 12.0. The lowest BCUT2D eigenvalue weighted by Gasteiger charge is -2.36. The first kappa shape index (κ1) is 15.4. The first-order valence-corrected chi connectivity index (χ1v) is 7.03. The van der Waals surface area contributed by atoms with Gasteiger partial charge < -0.3 is 20.5 Å². The molecule has 2 amide bonds. The van der Waals surface area contributed by atoms with E-state index >= 15 is 0 Å². The molecular weight excluding hydrogens is 303 g/mol. The molecule has 0 atom stereocenters. The Kier molecular flexibility index (Phi) is 5.10. The summed E-state index contributed by atoms with van der Waals surface area (Å²) in [5.74, 6) is 0. The van der Waals surface area contributed by atoms with Crippen molar-refractivity contribution in [1.82, 2.24) is 5.32 Å². The molecule has 1 fully saturated rings. The molecule has 0 aliphatic carbocycles. The molecule has 20 heavy (non-hydrogen) atoms. The van der Waals surface area contributed by atoms with Gasteiger partial charge in [-0.3, -0.25) is 0 Å². The van der Waals surface area contributed by atoms with Gasteiger partial charge in [0.15, 0.2) is 0 Å². The Balaban J connectivity index is 2.02. The van der Waals surface area contributed by atoms with Gasteiger partial charge in [-0.1, -0.05) is 23.2 Å². The molecule has 0 bridgehead atoms. The molecule has 2 rings (SSSR count). The smallest absolute Gasteiger partial charge is 0.319 e. The second-order valence-corrected chi connectivity index (χ2v) is 5.60. The lowest BCUT2D eigenvalue weighted by Crippen LogP contribution is -2.55. The van der Waals surface area contributed by atoms with E-state index in [2.05, 4.69) is 10.6 Å². The molecule has 7 heteroatoms. The summed E-state index contributed by atoms with van der Waals surface area (Å²) in [5.41, 5.74) is -0.218. The molecule has 1 heterocycles. The normalized spacial score (nSPS) is 17.6. The number of urea groups is 1. The van der Waals surface area contributed by atoms with Gasteiger partial charge in [0.2, 0.25) is 0 Å². The number of benzene rings is 1. The molecule has 1 aromatic carbocycles. The number of aliphatic hydroxyl groups excluding tert-OH is 1. The highest BCUT2D eigenvalue weighted by molar-refractivity contribution is 6.35.